The third-order valence-electron chi connectivity index (χ3n) is 2.63. The number of hydrogen-bond donors (Lipinski definition) is 2. The molecule has 1 heterocycles. The smallest absolute Gasteiger partial charge is 0.338 e. The van der Waals surface area contributed by atoms with Crippen LogP contribution in [-0.4, -0.2) is 21.9 Å². The van der Waals surface area contributed by atoms with E-state index in [1.165, 1.54) is 4.57 Å². The number of carbonyl (C=O) groups excluding carboxylic acids is 1. The van der Waals surface area contributed by atoms with E-state index < -0.39 is 11.6 Å². The fourth-order valence-corrected chi connectivity index (χ4v) is 1.75. The van der Waals surface area contributed by atoms with Crippen molar-refractivity contribution in [1.29, 1.82) is 0 Å². The van der Waals surface area contributed by atoms with E-state index in [2.05, 4.69) is 4.99 Å². The lowest BCUT2D eigenvalue weighted by atomic mass is 10.1. The van der Waals surface area contributed by atoms with Crippen LogP contribution in [0.4, 0.5) is 4.79 Å². The van der Waals surface area contributed by atoms with Crippen LogP contribution in [-0.2, 0) is 7.05 Å². The molecular formula is C12H11N3O3. The monoisotopic (exact) mass is 245 g/mol. The number of para-hydroxylation sites is 1. The fourth-order valence-electron chi connectivity index (χ4n) is 1.75. The largest absolute Gasteiger partial charge is 0.506 e. The van der Waals surface area contributed by atoms with Gasteiger partial charge in [0.05, 0.1) is 5.52 Å². The van der Waals surface area contributed by atoms with Crippen molar-refractivity contribution in [2.75, 3.05) is 0 Å². The third kappa shape index (κ3) is 1.84. The molecule has 0 saturated carbocycles. The van der Waals surface area contributed by atoms with Crippen molar-refractivity contribution >= 4 is 23.1 Å². The van der Waals surface area contributed by atoms with Crippen LogP contribution in [0.1, 0.15) is 5.56 Å². The predicted octanol–water partition coefficient (Wildman–Crippen LogP) is 0.742. The molecule has 0 aliphatic heterocycles. The van der Waals surface area contributed by atoms with Crippen LogP contribution < -0.4 is 11.3 Å². The Labute approximate surface area is 102 Å². The number of nitrogens with two attached hydrogens (primary N) is 1. The molecule has 0 atom stereocenters. The van der Waals surface area contributed by atoms with Gasteiger partial charge in [-0.2, -0.15) is 0 Å². The Balaban J connectivity index is 2.83. The number of aryl methyl sites for hydroxylation is 1. The first-order valence-electron chi connectivity index (χ1n) is 5.16. The zero-order chi connectivity index (χ0) is 13.3. The topological polar surface area (TPSA) is 97.7 Å². The second kappa shape index (κ2) is 4.33. The van der Waals surface area contributed by atoms with Crippen molar-refractivity contribution < 1.29 is 9.90 Å². The maximum atomic E-state index is 12.0. The molecule has 0 spiro atoms. The average molecular weight is 245 g/mol. The number of aromatic nitrogens is 1. The number of aromatic hydroxyl groups is 1. The second-order valence-electron chi connectivity index (χ2n) is 3.74. The summed E-state index contributed by atoms with van der Waals surface area (Å²) in [5.41, 5.74) is 4.95. The van der Waals surface area contributed by atoms with Crippen LogP contribution >= 0.6 is 0 Å². The molecule has 3 N–H and O–H groups in total. The Morgan fingerprint density at radius 1 is 1.44 bits per heavy atom. The first-order valence-corrected chi connectivity index (χ1v) is 5.16. The van der Waals surface area contributed by atoms with Crippen molar-refractivity contribution in [1.82, 2.24) is 4.57 Å². The van der Waals surface area contributed by atoms with Gasteiger partial charge in [0.15, 0.2) is 0 Å². The van der Waals surface area contributed by atoms with Crippen LogP contribution in [0.15, 0.2) is 34.1 Å². The van der Waals surface area contributed by atoms with Gasteiger partial charge in [0.2, 0.25) is 0 Å². The summed E-state index contributed by atoms with van der Waals surface area (Å²) in [5, 5.41) is 10.5. The SMILES string of the molecule is Cn1c(=O)c(/C=N/C(N)=O)c(O)c2ccccc21. The molecule has 2 rings (SSSR count). The quantitative estimate of drug-likeness (QED) is 0.725. The van der Waals surface area contributed by atoms with E-state index in [9.17, 15) is 14.7 Å². The first kappa shape index (κ1) is 11.8. The van der Waals surface area contributed by atoms with E-state index in [0.717, 1.165) is 6.21 Å². The number of urea groups is 1. The highest BCUT2D eigenvalue weighted by atomic mass is 16.3. The summed E-state index contributed by atoms with van der Waals surface area (Å²) in [6.07, 6.45) is 0.979. The number of aliphatic imine (C=N–C) groups is 1. The molecule has 92 valence electrons. The predicted molar refractivity (Wildman–Crippen MR) is 68.0 cm³/mol. The number of amides is 2. The minimum Gasteiger partial charge on any atom is -0.506 e. The third-order valence-corrected chi connectivity index (χ3v) is 2.63. The summed E-state index contributed by atoms with van der Waals surface area (Å²) < 4.78 is 1.37. The lowest BCUT2D eigenvalue weighted by molar-refractivity contribution is 0.257. The minimum atomic E-state index is -0.926. The van der Waals surface area contributed by atoms with Crippen molar-refractivity contribution in [2.24, 2.45) is 17.8 Å². The van der Waals surface area contributed by atoms with E-state index in [4.69, 9.17) is 5.73 Å². The fraction of sp³-hybridized carbons (Fsp3) is 0.0833. The van der Waals surface area contributed by atoms with Gasteiger partial charge in [-0.1, -0.05) is 12.1 Å². The van der Waals surface area contributed by atoms with Crippen molar-refractivity contribution in [3.05, 3.63) is 40.2 Å². The van der Waals surface area contributed by atoms with E-state index in [1.807, 2.05) is 0 Å². The Morgan fingerprint density at radius 2 is 2.11 bits per heavy atom. The van der Waals surface area contributed by atoms with Crippen molar-refractivity contribution in [2.45, 2.75) is 0 Å². The normalized spacial score (nSPS) is 11.2. The molecule has 0 unspecified atom stereocenters. The number of fused-ring (bicyclic) bond motifs is 1. The van der Waals surface area contributed by atoms with Crippen molar-refractivity contribution in [3.8, 4) is 5.75 Å². The number of carbonyl (C=O) groups is 1. The highest BCUT2D eigenvalue weighted by molar-refractivity contribution is 5.98. The molecule has 2 amide bonds. The molecule has 0 aliphatic rings. The Kier molecular flexibility index (Phi) is 2.85. The molecule has 1 aromatic carbocycles. The van der Waals surface area contributed by atoms with Crippen LogP contribution in [0.2, 0.25) is 0 Å². The molecule has 0 aliphatic carbocycles. The van der Waals surface area contributed by atoms with Crippen molar-refractivity contribution in [3.63, 3.8) is 0 Å². The van der Waals surface area contributed by atoms with Gasteiger partial charge in [-0.05, 0) is 12.1 Å². The number of hydrogen-bond acceptors (Lipinski definition) is 3. The summed E-state index contributed by atoms with van der Waals surface area (Å²) in [6.45, 7) is 0. The maximum absolute atomic E-state index is 12.0. The van der Waals surface area contributed by atoms with Gasteiger partial charge in [-0.25, -0.2) is 9.79 Å². The molecule has 18 heavy (non-hydrogen) atoms. The van der Waals surface area contributed by atoms with E-state index in [-0.39, 0.29) is 11.3 Å². The molecule has 6 heteroatoms. The zero-order valence-electron chi connectivity index (χ0n) is 9.62. The molecule has 1 aromatic heterocycles. The summed E-state index contributed by atoms with van der Waals surface area (Å²) in [7, 11) is 1.58. The molecule has 0 radical (unpaired) electrons. The number of nitrogens with zero attached hydrogens (tertiary/aromatic N) is 2. The first-order chi connectivity index (χ1) is 8.52. The number of rotatable bonds is 1. The van der Waals surface area contributed by atoms with Crippen LogP contribution in [0.25, 0.3) is 10.9 Å². The Bertz CT molecular complexity index is 716. The van der Waals surface area contributed by atoms with Gasteiger partial charge in [0.25, 0.3) is 5.56 Å². The number of primary amides is 1. The average Bonchev–Trinajstić information content (AvgIpc) is 2.36. The Hall–Kier alpha value is -2.63. The summed E-state index contributed by atoms with van der Waals surface area (Å²) in [6, 6.07) is 5.96. The van der Waals surface area contributed by atoms with Crippen LogP contribution in [0, 0.1) is 0 Å². The summed E-state index contributed by atoms with van der Waals surface area (Å²) in [5.74, 6) is -0.210. The van der Waals surface area contributed by atoms with Gasteiger partial charge in [0, 0.05) is 18.6 Å². The lowest BCUT2D eigenvalue weighted by Gasteiger charge is -2.08. The lowest BCUT2D eigenvalue weighted by Crippen LogP contribution is -2.22. The van der Waals surface area contributed by atoms with E-state index in [0.29, 0.717) is 10.9 Å². The molecule has 0 bridgehead atoms. The van der Waals surface area contributed by atoms with Gasteiger partial charge < -0.3 is 15.4 Å². The number of pyridine rings is 1. The summed E-state index contributed by atoms with van der Waals surface area (Å²) in [4.78, 5) is 25.9. The van der Waals surface area contributed by atoms with Gasteiger partial charge in [-0.3, -0.25) is 4.79 Å². The number of benzene rings is 1. The molecule has 6 nitrogen and oxygen atoms in total. The Morgan fingerprint density at radius 3 is 2.78 bits per heavy atom. The van der Waals surface area contributed by atoms with Gasteiger partial charge >= 0.3 is 6.03 Å². The second-order valence-corrected chi connectivity index (χ2v) is 3.74. The summed E-state index contributed by atoms with van der Waals surface area (Å²) >= 11 is 0. The molecular weight excluding hydrogens is 234 g/mol. The highest BCUT2D eigenvalue weighted by Gasteiger charge is 2.12. The molecule has 0 saturated heterocycles. The molecule has 2 aromatic rings. The highest BCUT2D eigenvalue weighted by Crippen LogP contribution is 2.24. The van der Waals surface area contributed by atoms with Gasteiger partial charge in [-0.15, -0.1) is 0 Å². The van der Waals surface area contributed by atoms with Crippen LogP contribution in [0.3, 0.4) is 0 Å². The minimum absolute atomic E-state index is 0.0602. The standard InChI is InChI=1S/C12H11N3O3/c1-15-9-5-3-2-4-7(9)10(16)8(11(15)17)6-14-12(13)18/h2-6,16H,1H3,(H2,13,18)/b14-6+. The van der Waals surface area contributed by atoms with Crippen LogP contribution in [0.5, 0.6) is 5.75 Å². The molecule has 0 fully saturated rings. The van der Waals surface area contributed by atoms with E-state index in [1.54, 1.807) is 31.3 Å². The van der Waals surface area contributed by atoms with E-state index >= 15 is 0 Å². The van der Waals surface area contributed by atoms with Gasteiger partial charge in [0.1, 0.15) is 11.3 Å². The maximum Gasteiger partial charge on any atom is 0.338 e. The zero-order valence-corrected chi connectivity index (χ0v) is 9.62.